The highest BCUT2D eigenvalue weighted by Crippen LogP contribution is 2.24. The van der Waals surface area contributed by atoms with E-state index in [1.165, 1.54) is 12.1 Å². The number of halogens is 2. The van der Waals surface area contributed by atoms with Gasteiger partial charge in [-0.3, -0.25) is 4.79 Å². The van der Waals surface area contributed by atoms with Crippen LogP contribution in [0.2, 0.25) is 5.02 Å². The molecule has 152 valence electrons. The first-order valence-electron chi connectivity index (χ1n) is 9.51. The number of benzene rings is 2. The molecule has 0 saturated carbocycles. The van der Waals surface area contributed by atoms with E-state index in [4.69, 9.17) is 16.0 Å². The molecule has 6 heteroatoms. The summed E-state index contributed by atoms with van der Waals surface area (Å²) in [6.07, 6.45) is 3.27. The lowest BCUT2D eigenvalue weighted by Crippen LogP contribution is -2.32. The molecule has 4 rings (SSSR count). The Morgan fingerprint density at radius 3 is 2.67 bits per heavy atom. The number of hydrogen-bond acceptors (Lipinski definition) is 2. The van der Waals surface area contributed by atoms with Gasteiger partial charge in [0.25, 0.3) is 5.91 Å². The average molecular weight is 423 g/mol. The summed E-state index contributed by atoms with van der Waals surface area (Å²) in [4.78, 5) is 15.2. The number of carbonyl (C=O) groups is 1. The highest BCUT2D eigenvalue weighted by Gasteiger charge is 2.22. The molecule has 1 amide bonds. The predicted octanol–water partition coefficient (Wildman–Crippen LogP) is 5.90. The van der Waals surface area contributed by atoms with Crippen LogP contribution in [0.1, 0.15) is 21.6 Å². The Kier molecular flexibility index (Phi) is 5.72. The molecule has 0 spiro atoms. The zero-order valence-electron chi connectivity index (χ0n) is 16.2. The second kappa shape index (κ2) is 8.59. The monoisotopic (exact) mass is 422 g/mol. The van der Waals surface area contributed by atoms with Crippen LogP contribution < -0.4 is 0 Å². The van der Waals surface area contributed by atoms with Crippen LogP contribution in [-0.4, -0.2) is 21.9 Å². The maximum absolute atomic E-state index is 13.7. The number of rotatable bonds is 7. The molecule has 0 unspecified atom stereocenters. The average Bonchev–Trinajstić information content (AvgIpc) is 3.31. The fraction of sp³-hybridized carbons (Fsp3) is 0.125. The third kappa shape index (κ3) is 4.16. The molecule has 0 aliphatic rings. The Morgan fingerprint density at radius 2 is 1.93 bits per heavy atom. The van der Waals surface area contributed by atoms with Crippen molar-refractivity contribution < 1.29 is 13.6 Å². The van der Waals surface area contributed by atoms with Crippen molar-refractivity contribution in [1.82, 2.24) is 9.47 Å². The summed E-state index contributed by atoms with van der Waals surface area (Å²) in [7, 11) is 0. The molecule has 0 aliphatic carbocycles. The van der Waals surface area contributed by atoms with Crippen molar-refractivity contribution >= 4 is 28.6 Å². The van der Waals surface area contributed by atoms with Crippen LogP contribution in [0.25, 0.3) is 11.1 Å². The van der Waals surface area contributed by atoms with Crippen LogP contribution in [0.3, 0.4) is 0 Å². The highest BCUT2D eigenvalue weighted by atomic mass is 35.5. The van der Waals surface area contributed by atoms with Crippen molar-refractivity contribution in [2.24, 2.45) is 0 Å². The van der Waals surface area contributed by atoms with Gasteiger partial charge in [0, 0.05) is 36.8 Å². The zero-order valence-corrected chi connectivity index (χ0v) is 17.0. The number of amides is 1. The summed E-state index contributed by atoms with van der Waals surface area (Å²) in [5.41, 5.74) is 3.59. The van der Waals surface area contributed by atoms with Crippen molar-refractivity contribution in [3.63, 3.8) is 0 Å². The molecular weight excluding hydrogens is 403 g/mol. The Balaban J connectivity index is 1.69. The molecule has 0 fully saturated rings. The molecule has 4 nitrogen and oxygen atoms in total. The predicted molar refractivity (Wildman–Crippen MR) is 116 cm³/mol. The molecule has 2 heterocycles. The topological polar surface area (TPSA) is 38.4 Å². The van der Waals surface area contributed by atoms with E-state index >= 15 is 0 Å². The number of furan rings is 1. The third-order valence-corrected chi connectivity index (χ3v) is 5.15. The second-order valence-electron chi connectivity index (χ2n) is 7.02. The normalized spacial score (nSPS) is 11.0. The van der Waals surface area contributed by atoms with E-state index in [-0.39, 0.29) is 11.7 Å². The van der Waals surface area contributed by atoms with E-state index in [1.54, 1.807) is 41.5 Å². The van der Waals surface area contributed by atoms with E-state index in [1.807, 2.05) is 28.8 Å². The summed E-state index contributed by atoms with van der Waals surface area (Å²) in [5.74, 6) is -0.473. The first kappa shape index (κ1) is 20.0. The van der Waals surface area contributed by atoms with Gasteiger partial charge in [-0.15, -0.1) is 6.58 Å². The lowest BCUT2D eigenvalue weighted by Gasteiger charge is -2.22. The minimum absolute atomic E-state index is 0.160. The Morgan fingerprint density at radius 1 is 1.13 bits per heavy atom. The first-order valence-corrected chi connectivity index (χ1v) is 9.89. The summed E-state index contributed by atoms with van der Waals surface area (Å²) >= 11 is 5.97. The number of aromatic nitrogens is 1. The molecule has 0 bridgehead atoms. The van der Waals surface area contributed by atoms with E-state index < -0.39 is 0 Å². The van der Waals surface area contributed by atoms with E-state index in [2.05, 4.69) is 6.58 Å². The number of nitrogens with zero attached hydrogens (tertiary/aromatic N) is 2. The van der Waals surface area contributed by atoms with Crippen LogP contribution in [0.5, 0.6) is 0 Å². The van der Waals surface area contributed by atoms with Gasteiger partial charge in [0.15, 0.2) is 5.58 Å². The molecule has 0 radical (unpaired) electrons. The van der Waals surface area contributed by atoms with Crippen molar-refractivity contribution in [1.29, 1.82) is 0 Å². The van der Waals surface area contributed by atoms with Crippen LogP contribution in [0, 0.1) is 5.82 Å². The molecule has 0 atom stereocenters. The van der Waals surface area contributed by atoms with Gasteiger partial charge in [0.2, 0.25) is 0 Å². The summed E-state index contributed by atoms with van der Waals surface area (Å²) in [6, 6.07) is 17.3. The van der Waals surface area contributed by atoms with Crippen LogP contribution in [0.4, 0.5) is 4.39 Å². The number of fused-ring (bicyclic) bond motifs is 1. The van der Waals surface area contributed by atoms with Crippen molar-refractivity contribution in [2.75, 3.05) is 6.54 Å². The minimum Gasteiger partial charge on any atom is -0.463 e. The van der Waals surface area contributed by atoms with Crippen molar-refractivity contribution in [3.8, 4) is 0 Å². The van der Waals surface area contributed by atoms with E-state index in [9.17, 15) is 9.18 Å². The lowest BCUT2D eigenvalue weighted by atomic mass is 10.2. The van der Waals surface area contributed by atoms with Gasteiger partial charge in [-0.05, 0) is 35.4 Å². The molecule has 4 aromatic rings. The summed E-state index contributed by atoms with van der Waals surface area (Å²) < 4.78 is 21.1. The Bertz CT molecular complexity index is 1190. The largest absolute Gasteiger partial charge is 0.463 e. The van der Waals surface area contributed by atoms with Gasteiger partial charge < -0.3 is 13.9 Å². The third-order valence-electron chi connectivity index (χ3n) is 4.90. The number of carbonyl (C=O) groups excluding carboxylic acids is 1. The van der Waals surface area contributed by atoms with Gasteiger partial charge in [0.05, 0.1) is 11.8 Å². The molecule has 2 aromatic carbocycles. The van der Waals surface area contributed by atoms with E-state index in [0.717, 1.165) is 16.6 Å². The van der Waals surface area contributed by atoms with E-state index in [0.29, 0.717) is 35.9 Å². The smallest absolute Gasteiger partial charge is 0.271 e. The molecule has 0 N–H and O–H groups in total. The van der Waals surface area contributed by atoms with Crippen molar-refractivity contribution in [3.05, 3.63) is 107 Å². The highest BCUT2D eigenvalue weighted by molar-refractivity contribution is 6.30. The van der Waals surface area contributed by atoms with Gasteiger partial charge in [-0.2, -0.15) is 0 Å². The molecule has 0 saturated heterocycles. The Hall–Kier alpha value is -3.31. The fourth-order valence-electron chi connectivity index (χ4n) is 3.49. The van der Waals surface area contributed by atoms with Gasteiger partial charge in [0.1, 0.15) is 11.5 Å². The fourth-order valence-corrected chi connectivity index (χ4v) is 3.62. The first-order chi connectivity index (χ1) is 14.5. The minimum atomic E-state index is -0.313. The van der Waals surface area contributed by atoms with Gasteiger partial charge in [-0.25, -0.2) is 4.39 Å². The SMILES string of the molecule is C=CCN(Cc1ccc(Cl)cc1)C(=O)c1cc2occc2n1Cc1cccc(F)c1. The molecule has 30 heavy (non-hydrogen) atoms. The summed E-state index contributed by atoms with van der Waals surface area (Å²) in [6.45, 7) is 4.93. The summed E-state index contributed by atoms with van der Waals surface area (Å²) in [5, 5.41) is 0.643. The lowest BCUT2D eigenvalue weighted by molar-refractivity contribution is 0.0752. The van der Waals surface area contributed by atoms with Crippen LogP contribution in [-0.2, 0) is 13.1 Å². The Labute approximate surface area is 178 Å². The van der Waals surface area contributed by atoms with Crippen LogP contribution >= 0.6 is 11.6 Å². The maximum atomic E-state index is 13.7. The van der Waals surface area contributed by atoms with Crippen molar-refractivity contribution in [2.45, 2.75) is 13.1 Å². The zero-order chi connectivity index (χ0) is 21.1. The number of hydrogen-bond donors (Lipinski definition) is 0. The quantitative estimate of drug-likeness (QED) is 0.347. The molecular formula is C24H20ClFN2O2. The second-order valence-corrected chi connectivity index (χ2v) is 7.45. The molecule has 0 aliphatic heterocycles. The molecule has 2 aromatic heterocycles. The van der Waals surface area contributed by atoms with Gasteiger partial charge >= 0.3 is 0 Å². The van der Waals surface area contributed by atoms with Crippen LogP contribution in [0.15, 0.2) is 84.0 Å². The standard InChI is InChI=1S/C24H20ClFN2O2/c1-2-11-27(15-17-6-8-19(25)9-7-17)24(29)22-14-23-21(10-12-30-23)28(22)16-18-4-3-5-20(26)13-18/h2-10,12-14H,1,11,15-16H2. The maximum Gasteiger partial charge on any atom is 0.271 e. The van der Waals surface area contributed by atoms with Gasteiger partial charge in [-0.1, -0.05) is 41.9 Å².